The highest BCUT2D eigenvalue weighted by Gasteiger charge is 2.30. The van der Waals surface area contributed by atoms with Gasteiger partial charge in [-0.05, 0) is 63.5 Å². The molecule has 0 radical (unpaired) electrons. The summed E-state index contributed by atoms with van der Waals surface area (Å²) in [5.41, 5.74) is 2.97. The Hall–Kier alpha value is -2.93. The van der Waals surface area contributed by atoms with Crippen molar-refractivity contribution in [2.45, 2.75) is 57.8 Å². The Morgan fingerprint density at radius 2 is 1.91 bits per heavy atom. The number of amides is 1. The van der Waals surface area contributed by atoms with Gasteiger partial charge in [-0.15, -0.1) is 0 Å². The van der Waals surface area contributed by atoms with Crippen LogP contribution in [-0.2, 0) is 11.2 Å². The van der Waals surface area contributed by atoms with Crippen LogP contribution in [0, 0.1) is 12.8 Å². The summed E-state index contributed by atoms with van der Waals surface area (Å²) in [6.07, 6.45) is 5.18. The van der Waals surface area contributed by atoms with Crippen molar-refractivity contribution in [2.24, 2.45) is 5.92 Å². The molecule has 1 aliphatic carbocycles. The van der Waals surface area contributed by atoms with Gasteiger partial charge < -0.3 is 10.2 Å². The second-order valence-corrected chi connectivity index (χ2v) is 10.1. The van der Waals surface area contributed by atoms with Gasteiger partial charge in [0.25, 0.3) is 0 Å². The first-order chi connectivity index (χ1) is 16.5. The molecule has 2 aromatic heterocycles. The monoisotopic (exact) mass is 478 g/mol. The van der Waals surface area contributed by atoms with E-state index in [1.165, 1.54) is 0 Å². The molecule has 7 nitrogen and oxygen atoms in total. The molecular weight excluding hydrogens is 448 g/mol. The van der Waals surface area contributed by atoms with E-state index in [1.807, 2.05) is 55.1 Å². The van der Waals surface area contributed by atoms with Crippen LogP contribution in [0.1, 0.15) is 67.2 Å². The molecule has 0 unspecified atom stereocenters. The molecule has 2 aliphatic rings. The molecule has 1 saturated carbocycles. The van der Waals surface area contributed by atoms with Crippen LogP contribution >= 0.6 is 11.6 Å². The summed E-state index contributed by atoms with van der Waals surface area (Å²) >= 11 is 6.33. The van der Waals surface area contributed by atoms with Crippen LogP contribution in [-0.4, -0.2) is 44.1 Å². The zero-order valence-corrected chi connectivity index (χ0v) is 20.5. The van der Waals surface area contributed by atoms with Gasteiger partial charge in [0.15, 0.2) is 5.82 Å². The average Bonchev–Trinajstić information content (AvgIpc) is 3.61. The van der Waals surface area contributed by atoms with Gasteiger partial charge >= 0.3 is 0 Å². The fourth-order valence-corrected chi connectivity index (χ4v) is 5.01. The first-order valence-corrected chi connectivity index (χ1v) is 12.5. The van der Waals surface area contributed by atoms with Crippen molar-refractivity contribution in [1.82, 2.24) is 25.1 Å². The number of aromatic nitrogens is 4. The highest BCUT2D eigenvalue weighted by atomic mass is 35.5. The third kappa shape index (κ3) is 5.25. The molecule has 3 aromatic rings. The molecule has 0 bridgehead atoms. The second kappa shape index (κ2) is 9.74. The fourth-order valence-electron chi connectivity index (χ4n) is 4.71. The number of aryl methyl sites for hydroxylation is 1. The zero-order chi connectivity index (χ0) is 23.7. The van der Waals surface area contributed by atoms with Crippen molar-refractivity contribution in [2.75, 3.05) is 18.4 Å². The van der Waals surface area contributed by atoms with E-state index in [-0.39, 0.29) is 11.8 Å². The van der Waals surface area contributed by atoms with Gasteiger partial charge in [0.05, 0.1) is 5.92 Å². The molecule has 0 spiro atoms. The van der Waals surface area contributed by atoms with E-state index in [1.54, 1.807) is 0 Å². The largest absolute Gasteiger partial charge is 0.342 e. The molecular formula is C26H31ClN6O. The summed E-state index contributed by atoms with van der Waals surface area (Å²) in [5, 5.41) is 11.2. The van der Waals surface area contributed by atoms with Crippen LogP contribution in [0.3, 0.4) is 0 Å². The predicted octanol–water partition coefficient (Wildman–Crippen LogP) is 5.37. The standard InChI is InChI=1S/C26H31ClN6O/c1-16-13-24(32-31-16)29-23-15-20(28-25(30-23)19-7-8-19)14-18-9-11-33(12-10-18)26(34)17(2)21-5-3-4-6-22(21)27/h3-6,13,15,17-19H,7-12,14H2,1-2H3,(H2,28,29,30,31,32)/t17-/m0/s1. The number of nitrogens with zero attached hydrogens (tertiary/aromatic N) is 4. The summed E-state index contributed by atoms with van der Waals surface area (Å²) in [6.45, 7) is 5.48. The summed E-state index contributed by atoms with van der Waals surface area (Å²) in [4.78, 5) is 24.7. The van der Waals surface area contributed by atoms with Crippen LogP contribution < -0.4 is 5.32 Å². The minimum atomic E-state index is -0.229. The minimum absolute atomic E-state index is 0.158. The Bertz CT molecular complexity index is 1170. The number of H-pyrrole nitrogens is 1. The molecule has 2 fully saturated rings. The maximum absolute atomic E-state index is 13.1. The van der Waals surface area contributed by atoms with Crippen molar-refractivity contribution in [1.29, 1.82) is 0 Å². The van der Waals surface area contributed by atoms with Gasteiger partial charge in [-0.2, -0.15) is 5.10 Å². The molecule has 178 valence electrons. The Kier molecular flexibility index (Phi) is 6.55. The minimum Gasteiger partial charge on any atom is -0.342 e. The SMILES string of the molecule is Cc1cc(Nc2cc(CC3CCN(C(=O)[C@@H](C)c4ccccc4Cl)CC3)nc(C3CC3)n2)n[nH]1. The van der Waals surface area contributed by atoms with Crippen LogP contribution in [0.4, 0.5) is 11.6 Å². The van der Waals surface area contributed by atoms with Crippen LogP contribution in [0.2, 0.25) is 5.02 Å². The molecule has 2 N–H and O–H groups in total. The zero-order valence-electron chi connectivity index (χ0n) is 19.7. The lowest BCUT2D eigenvalue weighted by atomic mass is 9.90. The smallest absolute Gasteiger partial charge is 0.229 e. The first kappa shape index (κ1) is 22.8. The third-order valence-corrected chi connectivity index (χ3v) is 7.21. The second-order valence-electron chi connectivity index (χ2n) is 9.65. The number of aromatic amines is 1. The number of hydrogen-bond acceptors (Lipinski definition) is 5. The Balaban J connectivity index is 1.22. The summed E-state index contributed by atoms with van der Waals surface area (Å²) in [5.74, 6) is 3.42. The van der Waals surface area contributed by atoms with E-state index < -0.39 is 0 Å². The molecule has 1 aliphatic heterocycles. The van der Waals surface area contributed by atoms with E-state index >= 15 is 0 Å². The molecule has 3 heterocycles. The number of anilines is 2. The molecule has 34 heavy (non-hydrogen) atoms. The van der Waals surface area contributed by atoms with Crippen molar-refractivity contribution in [3.05, 3.63) is 64.2 Å². The molecule has 1 atom stereocenters. The number of benzene rings is 1. The van der Waals surface area contributed by atoms with Crippen molar-refractivity contribution in [3.8, 4) is 0 Å². The highest BCUT2D eigenvalue weighted by Crippen LogP contribution is 2.39. The third-order valence-electron chi connectivity index (χ3n) is 6.87. The van der Waals surface area contributed by atoms with Crippen LogP contribution in [0.5, 0.6) is 0 Å². The quantitative estimate of drug-likeness (QED) is 0.477. The lowest BCUT2D eigenvalue weighted by Gasteiger charge is -2.34. The molecule has 1 aromatic carbocycles. The van der Waals surface area contributed by atoms with E-state index in [0.717, 1.165) is 79.6 Å². The van der Waals surface area contributed by atoms with Crippen molar-refractivity contribution < 1.29 is 4.79 Å². The lowest BCUT2D eigenvalue weighted by molar-refractivity contribution is -0.133. The Morgan fingerprint density at radius 1 is 1.15 bits per heavy atom. The number of piperidine rings is 1. The molecule has 1 amide bonds. The number of hydrogen-bond donors (Lipinski definition) is 2. The first-order valence-electron chi connectivity index (χ1n) is 12.2. The lowest BCUT2D eigenvalue weighted by Crippen LogP contribution is -2.41. The number of nitrogens with one attached hydrogen (secondary N) is 2. The van der Waals surface area contributed by atoms with E-state index in [4.69, 9.17) is 21.6 Å². The highest BCUT2D eigenvalue weighted by molar-refractivity contribution is 6.31. The Labute approximate surface area is 205 Å². The summed E-state index contributed by atoms with van der Waals surface area (Å²) < 4.78 is 0. The van der Waals surface area contributed by atoms with E-state index in [2.05, 4.69) is 15.5 Å². The molecule has 8 heteroatoms. The predicted molar refractivity (Wildman–Crippen MR) is 133 cm³/mol. The average molecular weight is 479 g/mol. The maximum atomic E-state index is 13.1. The van der Waals surface area contributed by atoms with Gasteiger partial charge in [0.1, 0.15) is 11.6 Å². The van der Waals surface area contributed by atoms with Gasteiger partial charge in [-0.3, -0.25) is 9.89 Å². The van der Waals surface area contributed by atoms with Crippen molar-refractivity contribution in [3.63, 3.8) is 0 Å². The van der Waals surface area contributed by atoms with Gasteiger partial charge in [-0.25, -0.2) is 9.97 Å². The van der Waals surface area contributed by atoms with Gasteiger partial charge in [-0.1, -0.05) is 29.8 Å². The van der Waals surface area contributed by atoms with Gasteiger partial charge in [0.2, 0.25) is 5.91 Å². The van der Waals surface area contributed by atoms with Crippen LogP contribution in [0.25, 0.3) is 0 Å². The summed E-state index contributed by atoms with van der Waals surface area (Å²) in [6, 6.07) is 11.6. The molecule has 5 rings (SSSR count). The van der Waals surface area contributed by atoms with Crippen molar-refractivity contribution >= 4 is 29.1 Å². The number of likely N-dealkylation sites (tertiary alicyclic amines) is 1. The Morgan fingerprint density at radius 3 is 2.59 bits per heavy atom. The fraction of sp³-hybridized carbons (Fsp3) is 0.462. The number of halogens is 1. The molecule has 1 saturated heterocycles. The topological polar surface area (TPSA) is 86.8 Å². The van der Waals surface area contributed by atoms with Crippen LogP contribution in [0.15, 0.2) is 36.4 Å². The number of carbonyl (C=O) groups is 1. The maximum Gasteiger partial charge on any atom is 0.229 e. The van der Waals surface area contributed by atoms with Gasteiger partial charge in [0, 0.05) is 47.6 Å². The normalized spacial score (nSPS) is 17.6. The van der Waals surface area contributed by atoms with E-state index in [9.17, 15) is 4.79 Å². The van der Waals surface area contributed by atoms with E-state index in [0.29, 0.717) is 16.9 Å². The summed E-state index contributed by atoms with van der Waals surface area (Å²) in [7, 11) is 0. The number of rotatable bonds is 7. The number of carbonyl (C=O) groups excluding carboxylic acids is 1.